The van der Waals surface area contributed by atoms with E-state index in [0.717, 1.165) is 66.7 Å². The fourth-order valence-corrected chi connectivity index (χ4v) is 5.83. The molecule has 0 unspecified atom stereocenters. The summed E-state index contributed by atoms with van der Waals surface area (Å²) in [5.74, 6) is 0.807. The van der Waals surface area contributed by atoms with Crippen LogP contribution in [0.4, 0.5) is 0 Å². The van der Waals surface area contributed by atoms with Crippen molar-refractivity contribution in [2.24, 2.45) is 0 Å². The van der Waals surface area contributed by atoms with Crippen molar-refractivity contribution in [1.29, 1.82) is 0 Å². The van der Waals surface area contributed by atoms with Gasteiger partial charge in [-0.2, -0.15) is 5.10 Å². The van der Waals surface area contributed by atoms with Gasteiger partial charge in [0.1, 0.15) is 11.9 Å². The Kier molecular flexibility index (Phi) is 7.35. The van der Waals surface area contributed by atoms with Gasteiger partial charge in [-0.25, -0.2) is 0 Å². The molecule has 2 saturated heterocycles. The van der Waals surface area contributed by atoms with Gasteiger partial charge >= 0.3 is 0 Å². The SMILES string of the molecule is CN1CCC(Oc2ccc(-c3n[nH]c4ccc(C(=O)NCC5(c6ccccc6)CCOCC5)cc34)cc2)CC1. The lowest BCUT2D eigenvalue weighted by Gasteiger charge is -2.38. The predicted molar refractivity (Wildman–Crippen MR) is 153 cm³/mol. The first-order chi connectivity index (χ1) is 19.1. The van der Waals surface area contributed by atoms with Gasteiger partial charge in [0.25, 0.3) is 5.91 Å². The maximum atomic E-state index is 13.3. The van der Waals surface area contributed by atoms with Crippen molar-refractivity contribution in [2.75, 3.05) is 39.9 Å². The van der Waals surface area contributed by atoms with Crippen LogP contribution < -0.4 is 10.1 Å². The third kappa shape index (κ3) is 5.56. The summed E-state index contributed by atoms with van der Waals surface area (Å²) in [6.07, 6.45) is 4.14. The lowest BCUT2D eigenvalue weighted by molar-refractivity contribution is 0.0487. The van der Waals surface area contributed by atoms with Gasteiger partial charge in [0.2, 0.25) is 0 Å². The molecule has 0 bridgehead atoms. The molecule has 4 aromatic rings. The number of ether oxygens (including phenoxy) is 2. The van der Waals surface area contributed by atoms with Gasteiger partial charge in [0.05, 0.1) is 11.2 Å². The molecule has 2 fully saturated rings. The number of nitrogens with zero attached hydrogens (tertiary/aromatic N) is 2. The molecule has 0 atom stereocenters. The van der Waals surface area contributed by atoms with Crippen molar-refractivity contribution in [3.8, 4) is 17.0 Å². The number of aromatic amines is 1. The Morgan fingerprint density at radius 3 is 2.54 bits per heavy atom. The van der Waals surface area contributed by atoms with Gasteiger partial charge in [0.15, 0.2) is 0 Å². The van der Waals surface area contributed by atoms with Crippen LogP contribution in [-0.2, 0) is 10.2 Å². The number of amides is 1. The molecule has 0 radical (unpaired) electrons. The molecular formula is C32H36N4O3. The van der Waals surface area contributed by atoms with Crippen molar-refractivity contribution in [2.45, 2.75) is 37.2 Å². The van der Waals surface area contributed by atoms with E-state index < -0.39 is 0 Å². The number of piperidine rings is 1. The molecule has 1 amide bonds. The van der Waals surface area contributed by atoms with Crippen molar-refractivity contribution < 1.29 is 14.3 Å². The lowest BCUT2D eigenvalue weighted by Crippen LogP contribution is -2.44. The molecule has 6 rings (SSSR count). The Labute approximate surface area is 229 Å². The molecular weight excluding hydrogens is 488 g/mol. The molecule has 3 heterocycles. The van der Waals surface area contributed by atoms with E-state index in [-0.39, 0.29) is 17.4 Å². The highest BCUT2D eigenvalue weighted by atomic mass is 16.5. The summed E-state index contributed by atoms with van der Waals surface area (Å²) >= 11 is 0. The van der Waals surface area contributed by atoms with Gasteiger partial charge < -0.3 is 19.7 Å². The number of benzene rings is 3. The number of aromatic nitrogens is 2. The summed E-state index contributed by atoms with van der Waals surface area (Å²) < 4.78 is 11.9. The Bertz CT molecular complexity index is 1400. The van der Waals surface area contributed by atoms with Gasteiger partial charge in [-0.15, -0.1) is 0 Å². The minimum Gasteiger partial charge on any atom is -0.490 e. The minimum atomic E-state index is -0.114. The zero-order valence-electron chi connectivity index (χ0n) is 22.5. The van der Waals surface area contributed by atoms with Crippen LogP contribution in [-0.4, -0.2) is 67.0 Å². The molecule has 2 N–H and O–H groups in total. The summed E-state index contributed by atoms with van der Waals surface area (Å²) in [5, 5.41) is 11.8. The number of likely N-dealkylation sites (tertiary alicyclic amines) is 1. The molecule has 39 heavy (non-hydrogen) atoms. The molecule has 7 nitrogen and oxygen atoms in total. The average Bonchev–Trinajstić information content (AvgIpc) is 3.42. The quantitative estimate of drug-likeness (QED) is 0.348. The zero-order chi connectivity index (χ0) is 26.7. The van der Waals surface area contributed by atoms with E-state index in [1.807, 2.05) is 48.5 Å². The fourth-order valence-electron chi connectivity index (χ4n) is 5.83. The molecule has 2 aliphatic rings. The monoisotopic (exact) mass is 524 g/mol. The van der Waals surface area contributed by atoms with Crippen LogP contribution in [0.2, 0.25) is 0 Å². The zero-order valence-corrected chi connectivity index (χ0v) is 22.5. The molecule has 0 aliphatic carbocycles. The van der Waals surface area contributed by atoms with Crippen LogP contribution in [0.3, 0.4) is 0 Å². The summed E-state index contributed by atoms with van der Waals surface area (Å²) in [4.78, 5) is 15.7. The molecule has 0 saturated carbocycles. The predicted octanol–water partition coefficient (Wildman–Crippen LogP) is 5.18. The number of fused-ring (bicyclic) bond motifs is 1. The standard InChI is InChI=1S/C32H36N4O3/c1-36-17-13-27(14-18-36)39-26-10-7-23(8-11-26)30-28-21-24(9-12-29(28)34-35-30)31(37)33-22-32(15-19-38-20-16-32)25-5-3-2-4-6-25/h2-12,21,27H,13-20,22H2,1H3,(H,33,37)(H,34,35). The normalized spacial score (nSPS) is 18.2. The van der Waals surface area contributed by atoms with Crippen molar-refractivity contribution in [3.63, 3.8) is 0 Å². The van der Waals surface area contributed by atoms with E-state index in [9.17, 15) is 4.79 Å². The van der Waals surface area contributed by atoms with Gasteiger partial charge in [-0.1, -0.05) is 30.3 Å². The highest BCUT2D eigenvalue weighted by molar-refractivity contribution is 6.01. The van der Waals surface area contributed by atoms with Crippen molar-refractivity contribution in [1.82, 2.24) is 20.4 Å². The number of nitrogens with one attached hydrogen (secondary N) is 2. The van der Waals surface area contributed by atoms with E-state index in [0.29, 0.717) is 25.3 Å². The molecule has 0 spiro atoms. The number of carbonyl (C=O) groups excluding carboxylic acids is 1. The maximum Gasteiger partial charge on any atom is 0.251 e. The van der Waals surface area contributed by atoms with Gasteiger partial charge in [-0.3, -0.25) is 9.89 Å². The minimum absolute atomic E-state index is 0.0762. The molecule has 7 heteroatoms. The Morgan fingerprint density at radius 2 is 1.79 bits per heavy atom. The van der Waals surface area contributed by atoms with Crippen molar-refractivity contribution in [3.05, 3.63) is 83.9 Å². The van der Waals surface area contributed by atoms with Gasteiger partial charge in [0, 0.05) is 54.8 Å². The van der Waals surface area contributed by atoms with Crippen LogP contribution in [0, 0.1) is 0 Å². The number of H-pyrrole nitrogens is 1. The topological polar surface area (TPSA) is 79.5 Å². The number of hydrogen-bond donors (Lipinski definition) is 2. The molecule has 3 aromatic carbocycles. The number of carbonyl (C=O) groups is 1. The summed E-state index contributed by atoms with van der Waals surface area (Å²) in [6.45, 7) is 4.13. The van der Waals surface area contributed by atoms with Crippen LogP contribution in [0.1, 0.15) is 41.6 Å². The Balaban J connectivity index is 1.17. The molecule has 2 aliphatic heterocycles. The number of hydrogen-bond acceptors (Lipinski definition) is 5. The Hall–Kier alpha value is -3.68. The van der Waals surface area contributed by atoms with Crippen LogP contribution in [0.5, 0.6) is 5.75 Å². The Morgan fingerprint density at radius 1 is 1.05 bits per heavy atom. The number of rotatable bonds is 7. The van der Waals surface area contributed by atoms with E-state index in [4.69, 9.17) is 9.47 Å². The van der Waals surface area contributed by atoms with Crippen LogP contribution in [0.25, 0.3) is 22.2 Å². The largest absolute Gasteiger partial charge is 0.490 e. The highest BCUT2D eigenvalue weighted by Crippen LogP contribution is 2.34. The van der Waals surface area contributed by atoms with Crippen LogP contribution >= 0.6 is 0 Å². The first-order valence-corrected chi connectivity index (χ1v) is 13.9. The second kappa shape index (κ2) is 11.2. The van der Waals surface area contributed by atoms with Gasteiger partial charge in [-0.05, 0) is 80.8 Å². The van der Waals surface area contributed by atoms with E-state index in [1.165, 1.54) is 5.56 Å². The van der Waals surface area contributed by atoms with E-state index in [1.54, 1.807) is 0 Å². The summed E-state index contributed by atoms with van der Waals surface area (Å²) in [6, 6.07) is 24.3. The third-order valence-corrected chi connectivity index (χ3v) is 8.34. The average molecular weight is 525 g/mol. The summed E-state index contributed by atoms with van der Waals surface area (Å²) in [7, 11) is 2.15. The lowest BCUT2D eigenvalue weighted by atomic mass is 9.74. The van der Waals surface area contributed by atoms with Crippen molar-refractivity contribution >= 4 is 16.8 Å². The fraction of sp³-hybridized carbons (Fsp3) is 0.375. The second-order valence-electron chi connectivity index (χ2n) is 10.9. The maximum absolute atomic E-state index is 13.3. The first kappa shape index (κ1) is 25.6. The molecule has 1 aromatic heterocycles. The smallest absolute Gasteiger partial charge is 0.251 e. The van der Waals surface area contributed by atoms with E-state index >= 15 is 0 Å². The third-order valence-electron chi connectivity index (χ3n) is 8.34. The molecule has 202 valence electrons. The van der Waals surface area contributed by atoms with E-state index in [2.05, 4.69) is 51.7 Å². The second-order valence-corrected chi connectivity index (χ2v) is 10.9. The summed E-state index contributed by atoms with van der Waals surface area (Å²) in [5.41, 5.74) is 4.48. The highest BCUT2D eigenvalue weighted by Gasteiger charge is 2.34. The van der Waals surface area contributed by atoms with Crippen LogP contribution in [0.15, 0.2) is 72.8 Å². The first-order valence-electron chi connectivity index (χ1n) is 13.9.